The van der Waals surface area contributed by atoms with Crippen molar-refractivity contribution in [2.45, 2.75) is 117 Å². The molecule has 0 N–H and O–H groups in total. The quantitative estimate of drug-likeness (QED) is 0.0920. The number of hydrogen-bond acceptors (Lipinski definition) is 6. The third kappa shape index (κ3) is 21.8. The zero-order chi connectivity index (χ0) is 25.9. The first-order chi connectivity index (χ1) is 17.8. The molecule has 0 unspecified atom stereocenters. The Balaban J connectivity index is 2.26. The minimum atomic E-state index is 1.18. The highest BCUT2D eigenvalue weighted by Gasteiger charge is 2.22. The first-order valence-electron chi connectivity index (χ1n) is 15.7. The lowest BCUT2D eigenvalue weighted by Gasteiger charge is -2.42. The SMILES string of the molecule is CCCCCCCSCCN1CN(CCSCCCCCCC)CN(CCSCCCCCCC)C1. The van der Waals surface area contributed by atoms with Gasteiger partial charge in [0.1, 0.15) is 0 Å². The first-order valence-corrected chi connectivity index (χ1v) is 19.2. The van der Waals surface area contributed by atoms with Crippen molar-refractivity contribution >= 4 is 35.3 Å². The van der Waals surface area contributed by atoms with Gasteiger partial charge in [-0.25, -0.2) is 0 Å². The number of hydrogen-bond donors (Lipinski definition) is 0. The van der Waals surface area contributed by atoms with Crippen LogP contribution in [-0.4, -0.2) is 88.9 Å². The molecule has 0 aromatic heterocycles. The van der Waals surface area contributed by atoms with Gasteiger partial charge in [-0.3, -0.25) is 14.7 Å². The minimum Gasteiger partial charge on any atom is -0.277 e. The van der Waals surface area contributed by atoms with Gasteiger partial charge in [-0.1, -0.05) is 97.8 Å². The van der Waals surface area contributed by atoms with Crippen LogP contribution in [0.1, 0.15) is 117 Å². The van der Waals surface area contributed by atoms with Crippen LogP contribution in [-0.2, 0) is 0 Å². The lowest BCUT2D eigenvalue weighted by molar-refractivity contribution is -0.0195. The van der Waals surface area contributed by atoms with Crippen LogP contribution in [0, 0.1) is 0 Å². The number of nitrogens with zero attached hydrogens (tertiary/aromatic N) is 3. The van der Waals surface area contributed by atoms with Crippen molar-refractivity contribution in [2.75, 3.05) is 74.2 Å². The lowest BCUT2D eigenvalue weighted by Crippen LogP contribution is -2.56. The number of rotatable bonds is 27. The molecule has 0 saturated carbocycles. The molecule has 0 atom stereocenters. The second-order valence-electron chi connectivity index (χ2n) is 10.7. The van der Waals surface area contributed by atoms with Crippen LogP contribution < -0.4 is 0 Å². The molecule has 1 rings (SSSR count). The molecule has 1 saturated heterocycles. The second kappa shape index (κ2) is 27.5. The molecule has 216 valence electrons. The summed E-state index contributed by atoms with van der Waals surface area (Å²) in [6, 6.07) is 0. The summed E-state index contributed by atoms with van der Waals surface area (Å²) in [5.74, 6) is 7.97. The molecule has 6 heteroatoms. The fourth-order valence-electron chi connectivity index (χ4n) is 4.72. The summed E-state index contributed by atoms with van der Waals surface area (Å²) in [4.78, 5) is 8.16. The van der Waals surface area contributed by atoms with Crippen LogP contribution in [0.25, 0.3) is 0 Å². The summed E-state index contributed by atoms with van der Waals surface area (Å²) in [6.07, 6.45) is 21.1. The molecule has 1 aliphatic rings. The van der Waals surface area contributed by atoms with E-state index >= 15 is 0 Å². The molecule has 1 aliphatic heterocycles. The normalized spacial score (nSPS) is 15.8. The molecular formula is C30H63N3S3. The zero-order valence-corrected chi connectivity index (χ0v) is 27.1. The van der Waals surface area contributed by atoms with E-state index in [1.54, 1.807) is 0 Å². The summed E-state index contributed by atoms with van der Waals surface area (Å²) in [6.45, 7) is 14.2. The van der Waals surface area contributed by atoms with E-state index in [-0.39, 0.29) is 0 Å². The lowest BCUT2D eigenvalue weighted by atomic mass is 10.2. The maximum atomic E-state index is 2.72. The third-order valence-electron chi connectivity index (χ3n) is 7.03. The van der Waals surface area contributed by atoms with Crippen molar-refractivity contribution in [3.05, 3.63) is 0 Å². The van der Waals surface area contributed by atoms with Gasteiger partial charge in [0.25, 0.3) is 0 Å². The van der Waals surface area contributed by atoms with Crippen LogP contribution in [0.3, 0.4) is 0 Å². The van der Waals surface area contributed by atoms with E-state index in [9.17, 15) is 0 Å². The molecule has 1 fully saturated rings. The Bertz CT molecular complexity index is 374. The van der Waals surface area contributed by atoms with Gasteiger partial charge in [0.05, 0.1) is 20.0 Å². The monoisotopic (exact) mass is 561 g/mol. The van der Waals surface area contributed by atoms with Gasteiger partial charge < -0.3 is 0 Å². The van der Waals surface area contributed by atoms with Crippen LogP contribution in [0.4, 0.5) is 0 Å². The maximum Gasteiger partial charge on any atom is 0.0530 e. The predicted molar refractivity (Wildman–Crippen MR) is 173 cm³/mol. The molecule has 0 amide bonds. The summed E-state index contributed by atoms with van der Waals surface area (Å²) in [5.41, 5.74) is 0. The highest BCUT2D eigenvalue weighted by Crippen LogP contribution is 2.15. The Hall–Kier alpha value is 0.930. The standard InChI is InChI=1S/C30H63N3S3/c1-4-7-10-13-16-22-34-25-19-31-28-32(20-26-35-23-17-14-11-8-5-2)30-33(29-31)21-27-36-24-18-15-12-9-6-3/h4-30H2,1-3H3. The predicted octanol–water partition coefficient (Wildman–Crippen LogP) is 8.89. The van der Waals surface area contributed by atoms with Crippen molar-refractivity contribution in [2.24, 2.45) is 0 Å². The van der Waals surface area contributed by atoms with Crippen molar-refractivity contribution in [3.8, 4) is 0 Å². The first kappa shape index (κ1) is 35.0. The highest BCUT2D eigenvalue weighted by molar-refractivity contribution is 7.99. The van der Waals surface area contributed by atoms with Crippen molar-refractivity contribution in [1.82, 2.24) is 14.7 Å². The van der Waals surface area contributed by atoms with Gasteiger partial charge in [-0.15, -0.1) is 0 Å². The largest absolute Gasteiger partial charge is 0.277 e. The van der Waals surface area contributed by atoms with E-state index in [0.29, 0.717) is 0 Å². The molecule has 0 aromatic rings. The van der Waals surface area contributed by atoms with Crippen LogP contribution in [0.5, 0.6) is 0 Å². The smallest absolute Gasteiger partial charge is 0.0530 e. The van der Waals surface area contributed by atoms with Crippen LogP contribution in [0.15, 0.2) is 0 Å². The molecule has 0 bridgehead atoms. The summed E-state index contributed by atoms with van der Waals surface area (Å²) in [5, 5.41) is 0. The van der Waals surface area contributed by atoms with Gasteiger partial charge in [0, 0.05) is 36.9 Å². The molecule has 0 spiro atoms. The van der Waals surface area contributed by atoms with Gasteiger partial charge in [-0.05, 0) is 36.5 Å². The molecule has 3 nitrogen and oxygen atoms in total. The Labute approximate surface area is 240 Å². The average molecular weight is 562 g/mol. The van der Waals surface area contributed by atoms with Gasteiger partial charge in [0.2, 0.25) is 0 Å². The van der Waals surface area contributed by atoms with E-state index in [4.69, 9.17) is 0 Å². The highest BCUT2D eigenvalue weighted by atomic mass is 32.2. The van der Waals surface area contributed by atoms with Gasteiger partial charge in [-0.2, -0.15) is 35.3 Å². The Morgan fingerprint density at radius 3 is 0.917 bits per heavy atom. The third-order valence-corrected chi connectivity index (χ3v) is 10.2. The van der Waals surface area contributed by atoms with Crippen molar-refractivity contribution in [3.63, 3.8) is 0 Å². The fraction of sp³-hybridized carbons (Fsp3) is 1.00. The van der Waals surface area contributed by atoms with Crippen molar-refractivity contribution < 1.29 is 0 Å². The van der Waals surface area contributed by atoms with E-state index in [2.05, 4.69) is 70.8 Å². The molecule has 0 aliphatic carbocycles. The van der Waals surface area contributed by atoms with E-state index in [1.807, 2.05) is 0 Å². The van der Waals surface area contributed by atoms with Crippen LogP contribution >= 0.6 is 35.3 Å². The summed E-state index contributed by atoms with van der Waals surface area (Å²) in [7, 11) is 0. The van der Waals surface area contributed by atoms with E-state index in [0.717, 1.165) is 0 Å². The second-order valence-corrected chi connectivity index (χ2v) is 14.4. The maximum absolute atomic E-state index is 2.72. The molecule has 1 heterocycles. The summed E-state index contributed by atoms with van der Waals surface area (Å²) < 4.78 is 0. The van der Waals surface area contributed by atoms with Crippen LogP contribution in [0.2, 0.25) is 0 Å². The molecular weight excluding hydrogens is 499 g/mol. The molecule has 36 heavy (non-hydrogen) atoms. The Kier molecular flexibility index (Phi) is 26.7. The average Bonchev–Trinajstić information content (AvgIpc) is 2.89. The number of unbranched alkanes of at least 4 members (excludes halogenated alkanes) is 12. The topological polar surface area (TPSA) is 9.72 Å². The Morgan fingerprint density at radius 1 is 0.361 bits per heavy atom. The number of thioether (sulfide) groups is 3. The molecule has 0 radical (unpaired) electrons. The molecule has 0 aromatic carbocycles. The van der Waals surface area contributed by atoms with Gasteiger partial charge >= 0.3 is 0 Å². The van der Waals surface area contributed by atoms with E-state index < -0.39 is 0 Å². The van der Waals surface area contributed by atoms with Gasteiger partial charge in [0.15, 0.2) is 0 Å². The Morgan fingerprint density at radius 2 is 0.639 bits per heavy atom. The van der Waals surface area contributed by atoms with E-state index in [1.165, 1.54) is 170 Å². The fourth-order valence-corrected chi connectivity index (χ4v) is 7.72. The van der Waals surface area contributed by atoms with Crippen molar-refractivity contribution in [1.29, 1.82) is 0 Å². The minimum absolute atomic E-state index is 1.18. The zero-order valence-electron chi connectivity index (χ0n) is 24.7. The summed E-state index contributed by atoms with van der Waals surface area (Å²) >= 11 is 6.56.